The lowest BCUT2D eigenvalue weighted by molar-refractivity contribution is -0.147. The number of nitrogens with one attached hydrogen (secondary N) is 3. The van der Waals surface area contributed by atoms with Gasteiger partial charge in [-0.2, -0.15) is 0 Å². The molecule has 3 atom stereocenters. The lowest BCUT2D eigenvalue weighted by atomic mass is 10.0. The van der Waals surface area contributed by atoms with Gasteiger partial charge in [0.15, 0.2) is 0 Å². The van der Waals surface area contributed by atoms with E-state index in [1.165, 1.54) is 18.9 Å². The zero-order valence-electron chi connectivity index (χ0n) is 15.7. The molecule has 3 N–H and O–H groups in total. The van der Waals surface area contributed by atoms with Crippen molar-refractivity contribution in [3.63, 3.8) is 0 Å². The third-order valence-corrected chi connectivity index (χ3v) is 4.17. The molecular weight excluding hydrogens is 340 g/mol. The van der Waals surface area contributed by atoms with Crippen LogP contribution in [0.25, 0.3) is 0 Å². The molecule has 0 radical (unpaired) electrons. The molecule has 0 aliphatic carbocycles. The van der Waals surface area contributed by atoms with Crippen LogP contribution in [0.5, 0.6) is 0 Å². The monoisotopic (exact) mass is 368 g/mol. The van der Waals surface area contributed by atoms with Crippen molar-refractivity contribution in [2.45, 2.75) is 45.3 Å². The predicted molar refractivity (Wildman–Crippen MR) is 95.1 cm³/mol. The van der Waals surface area contributed by atoms with Gasteiger partial charge < -0.3 is 25.6 Å². The second-order valence-electron chi connectivity index (χ2n) is 6.52. The summed E-state index contributed by atoms with van der Waals surface area (Å²) in [6.45, 7) is 8.98. The number of methoxy groups -OCH3 is 1. The number of nitrogens with zero attached hydrogens (tertiary/aromatic N) is 1. The average Bonchev–Trinajstić information content (AvgIpc) is 3.00. The van der Waals surface area contributed by atoms with Gasteiger partial charge in [0.2, 0.25) is 11.8 Å². The SMILES string of the molecule is C=CCNC(=O)N[C@H]1C[C@@H](C(=O)N[C@@H](C(=O)OC)C(C)C)N(C(C)=O)C1. The molecule has 0 unspecified atom stereocenters. The number of likely N-dealkylation sites (tertiary alicyclic amines) is 1. The topological polar surface area (TPSA) is 117 Å². The molecule has 9 nitrogen and oxygen atoms in total. The maximum absolute atomic E-state index is 12.6. The fourth-order valence-electron chi connectivity index (χ4n) is 2.81. The number of esters is 1. The molecule has 26 heavy (non-hydrogen) atoms. The van der Waals surface area contributed by atoms with Gasteiger partial charge in [0.1, 0.15) is 12.1 Å². The van der Waals surface area contributed by atoms with E-state index in [-0.39, 0.29) is 30.8 Å². The Kier molecular flexibility index (Phi) is 8.08. The summed E-state index contributed by atoms with van der Waals surface area (Å²) >= 11 is 0. The molecule has 1 aliphatic heterocycles. The molecule has 9 heteroatoms. The first-order valence-corrected chi connectivity index (χ1v) is 8.51. The van der Waals surface area contributed by atoms with E-state index < -0.39 is 30.0 Å². The fraction of sp³-hybridized carbons (Fsp3) is 0.647. The van der Waals surface area contributed by atoms with E-state index in [0.717, 1.165) is 0 Å². The normalized spacial score (nSPS) is 20.3. The van der Waals surface area contributed by atoms with Crippen molar-refractivity contribution in [3.8, 4) is 0 Å². The smallest absolute Gasteiger partial charge is 0.328 e. The van der Waals surface area contributed by atoms with Crippen molar-refractivity contribution >= 4 is 23.8 Å². The molecule has 0 aromatic carbocycles. The van der Waals surface area contributed by atoms with Crippen molar-refractivity contribution in [3.05, 3.63) is 12.7 Å². The van der Waals surface area contributed by atoms with E-state index in [9.17, 15) is 19.2 Å². The Morgan fingerprint density at radius 3 is 2.46 bits per heavy atom. The Hall–Kier alpha value is -2.58. The van der Waals surface area contributed by atoms with Gasteiger partial charge in [0.05, 0.1) is 13.2 Å². The molecule has 1 saturated heterocycles. The summed E-state index contributed by atoms with van der Waals surface area (Å²) in [5, 5.41) is 7.97. The minimum absolute atomic E-state index is 0.169. The van der Waals surface area contributed by atoms with Crippen molar-refractivity contribution in [2.24, 2.45) is 5.92 Å². The lowest BCUT2D eigenvalue weighted by Crippen LogP contribution is -2.52. The number of carbonyl (C=O) groups is 4. The second kappa shape index (κ2) is 9.79. The molecule has 0 spiro atoms. The van der Waals surface area contributed by atoms with Crippen LogP contribution < -0.4 is 16.0 Å². The first-order chi connectivity index (χ1) is 12.2. The number of ether oxygens (including phenoxy) is 1. The summed E-state index contributed by atoms with van der Waals surface area (Å²) in [6.07, 6.45) is 1.81. The lowest BCUT2D eigenvalue weighted by Gasteiger charge is -2.26. The second-order valence-corrected chi connectivity index (χ2v) is 6.52. The van der Waals surface area contributed by atoms with Crippen LogP contribution in [-0.4, -0.2) is 67.0 Å². The van der Waals surface area contributed by atoms with Crippen molar-refractivity contribution < 1.29 is 23.9 Å². The Labute approximate surface area is 153 Å². The summed E-state index contributed by atoms with van der Waals surface area (Å²) in [6, 6.07) is -2.32. The maximum Gasteiger partial charge on any atom is 0.328 e. The fourth-order valence-corrected chi connectivity index (χ4v) is 2.81. The number of hydrogen-bond donors (Lipinski definition) is 3. The maximum atomic E-state index is 12.6. The minimum atomic E-state index is -0.802. The van der Waals surface area contributed by atoms with Crippen LogP contribution in [0.4, 0.5) is 4.79 Å². The van der Waals surface area contributed by atoms with Gasteiger partial charge in [0.25, 0.3) is 0 Å². The van der Waals surface area contributed by atoms with Crippen LogP contribution in [-0.2, 0) is 19.1 Å². The van der Waals surface area contributed by atoms with Gasteiger partial charge in [-0.25, -0.2) is 9.59 Å². The van der Waals surface area contributed by atoms with Crippen LogP contribution in [0, 0.1) is 5.92 Å². The molecule has 0 aromatic rings. The number of rotatable bonds is 7. The van der Waals surface area contributed by atoms with E-state index in [1.54, 1.807) is 19.9 Å². The number of carbonyl (C=O) groups excluding carboxylic acids is 4. The standard InChI is InChI=1S/C17H28N4O5/c1-6-7-18-17(25)19-12-8-13(21(9-12)11(4)22)15(23)20-14(10(2)3)16(24)26-5/h6,10,12-14H,1,7-9H2,2-5H3,(H,20,23)(H2,18,19,25)/t12-,13-,14+/m0/s1. The molecule has 0 saturated carbocycles. The van der Waals surface area contributed by atoms with Gasteiger partial charge in [-0.1, -0.05) is 19.9 Å². The molecule has 1 fully saturated rings. The van der Waals surface area contributed by atoms with Crippen molar-refractivity contribution in [1.82, 2.24) is 20.9 Å². The van der Waals surface area contributed by atoms with Gasteiger partial charge >= 0.3 is 12.0 Å². The van der Waals surface area contributed by atoms with Gasteiger partial charge in [-0.3, -0.25) is 9.59 Å². The summed E-state index contributed by atoms with van der Waals surface area (Å²) in [7, 11) is 1.25. The molecule has 0 bridgehead atoms. The zero-order valence-corrected chi connectivity index (χ0v) is 15.7. The van der Waals surface area contributed by atoms with Crippen LogP contribution in [0.1, 0.15) is 27.2 Å². The highest BCUT2D eigenvalue weighted by molar-refractivity contribution is 5.91. The molecule has 146 valence electrons. The quantitative estimate of drug-likeness (QED) is 0.424. The first kappa shape index (κ1) is 21.5. The third-order valence-electron chi connectivity index (χ3n) is 4.17. The highest BCUT2D eigenvalue weighted by Crippen LogP contribution is 2.19. The van der Waals surface area contributed by atoms with Gasteiger partial charge in [0, 0.05) is 20.0 Å². The van der Waals surface area contributed by atoms with Crippen LogP contribution in [0.2, 0.25) is 0 Å². The third kappa shape index (κ3) is 5.75. The predicted octanol–water partition coefficient (Wildman–Crippen LogP) is -0.225. The van der Waals surface area contributed by atoms with Crippen molar-refractivity contribution in [1.29, 1.82) is 0 Å². The largest absolute Gasteiger partial charge is 0.467 e. The van der Waals surface area contributed by atoms with E-state index >= 15 is 0 Å². The number of hydrogen-bond acceptors (Lipinski definition) is 5. The van der Waals surface area contributed by atoms with Gasteiger partial charge in [-0.05, 0) is 12.3 Å². The van der Waals surface area contributed by atoms with Crippen LogP contribution in [0.15, 0.2) is 12.7 Å². The molecule has 1 rings (SSSR count). The molecule has 4 amide bonds. The minimum Gasteiger partial charge on any atom is -0.467 e. The summed E-state index contributed by atoms with van der Waals surface area (Å²) in [5.74, 6) is -1.43. The summed E-state index contributed by atoms with van der Waals surface area (Å²) < 4.78 is 4.72. The number of urea groups is 1. The van der Waals surface area contributed by atoms with Gasteiger partial charge in [-0.15, -0.1) is 6.58 Å². The highest BCUT2D eigenvalue weighted by atomic mass is 16.5. The highest BCUT2D eigenvalue weighted by Gasteiger charge is 2.40. The van der Waals surface area contributed by atoms with E-state index in [0.29, 0.717) is 6.54 Å². The molecule has 0 aromatic heterocycles. The van der Waals surface area contributed by atoms with Crippen LogP contribution in [0.3, 0.4) is 0 Å². The Bertz CT molecular complexity index is 563. The summed E-state index contributed by atoms with van der Waals surface area (Å²) in [4.78, 5) is 49.5. The Morgan fingerprint density at radius 1 is 1.31 bits per heavy atom. The number of amides is 4. The molecule has 1 heterocycles. The first-order valence-electron chi connectivity index (χ1n) is 8.51. The van der Waals surface area contributed by atoms with E-state index in [2.05, 4.69) is 22.5 Å². The zero-order chi connectivity index (χ0) is 19.9. The van der Waals surface area contributed by atoms with Crippen LogP contribution >= 0.6 is 0 Å². The van der Waals surface area contributed by atoms with Crippen molar-refractivity contribution in [2.75, 3.05) is 20.2 Å². The Morgan fingerprint density at radius 2 is 1.96 bits per heavy atom. The van der Waals surface area contributed by atoms with E-state index in [4.69, 9.17) is 4.74 Å². The average molecular weight is 368 g/mol. The summed E-state index contributed by atoms with van der Waals surface area (Å²) in [5.41, 5.74) is 0. The Balaban J connectivity index is 2.79. The van der Waals surface area contributed by atoms with E-state index in [1.807, 2.05) is 0 Å². The molecule has 1 aliphatic rings. The molecular formula is C17H28N4O5.